The Balaban J connectivity index is 1.82. The van der Waals surface area contributed by atoms with Crippen molar-refractivity contribution in [3.05, 3.63) is 65.7 Å². The van der Waals surface area contributed by atoms with Crippen molar-refractivity contribution in [1.29, 1.82) is 0 Å². The predicted octanol–water partition coefficient (Wildman–Crippen LogP) is 1.51. The van der Waals surface area contributed by atoms with E-state index in [1.54, 1.807) is 36.4 Å². The van der Waals surface area contributed by atoms with E-state index in [1.165, 1.54) is 5.01 Å². The van der Waals surface area contributed by atoms with Crippen LogP contribution >= 0.6 is 0 Å². The average Bonchev–Trinajstić information content (AvgIpc) is 3.05. The summed E-state index contributed by atoms with van der Waals surface area (Å²) >= 11 is 0. The zero-order valence-electron chi connectivity index (χ0n) is 12.0. The fourth-order valence-corrected chi connectivity index (χ4v) is 2.67. The molecule has 6 nitrogen and oxygen atoms in total. The number of nitrogens with two attached hydrogens (primary N) is 1. The molecule has 0 aliphatic carbocycles. The third-order valence-electron chi connectivity index (χ3n) is 3.75. The standard InChI is InChI=1S/C17H12N4O2/c18-11-8-6-10(7-9-11)13-14-15(19-16(13)22)20-21(17(14)23)12-4-2-1-3-5-12/h1-9H,18H2,(H,19,20,22). The molecule has 3 N–H and O–H groups in total. The molecule has 0 saturated heterocycles. The molecule has 4 rings (SSSR count). The number of hydrogen-bond donors (Lipinski definition) is 2. The third kappa shape index (κ3) is 2.00. The summed E-state index contributed by atoms with van der Waals surface area (Å²) in [6.07, 6.45) is 0. The van der Waals surface area contributed by atoms with E-state index in [1.807, 2.05) is 18.2 Å². The monoisotopic (exact) mass is 304 g/mol. The molecule has 0 saturated carbocycles. The molecule has 23 heavy (non-hydrogen) atoms. The molecule has 0 radical (unpaired) electrons. The zero-order chi connectivity index (χ0) is 16.0. The molecule has 0 aromatic heterocycles. The Kier molecular flexibility index (Phi) is 2.77. The molecule has 2 heterocycles. The van der Waals surface area contributed by atoms with E-state index in [0.29, 0.717) is 28.1 Å². The van der Waals surface area contributed by atoms with Crippen molar-refractivity contribution < 1.29 is 9.59 Å². The smallest absolute Gasteiger partial charge is 0.283 e. The Morgan fingerprint density at radius 2 is 1.61 bits per heavy atom. The lowest BCUT2D eigenvalue weighted by molar-refractivity contribution is -0.115. The molecule has 112 valence electrons. The van der Waals surface area contributed by atoms with Crippen molar-refractivity contribution in [2.75, 3.05) is 10.7 Å². The van der Waals surface area contributed by atoms with Gasteiger partial charge in [-0.15, -0.1) is 5.10 Å². The van der Waals surface area contributed by atoms with E-state index < -0.39 is 0 Å². The highest BCUT2D eigenvalue weighted by Gasteiger charge is 2.41. The van der Waals surface area contributed by atoms with E-state index in [-0.39, 0.29) is 17.6 Å². The highest BCUT2D eigenvalue weighted by atomic mass is 16.2. The minimum Gasteiger partial charge on any atom is -0.399 e. The quantitative estimate of drug-likeness (QED) is 0.824. The first-order valence-electron chi connectivity index (χ1n) is 7.05. The Labute approximate surface area is 131 Å². The van der Waals surface area contributed by atoms with Crippen LogP contribution < -0.4 is 16.1 Å². The van der Waals surface area contributed by atoms with Gasteiger partial charge in [0.05, 0.1) is 16.8 Å². The van der Waals surface area contributed by atoms with Gasteiger partial charge in [-0.05, 0) is 29.8 Å². The maximum Gasteiger partial charge on any atom is 0.283 e. The highest BCUT2D eigenvalue weighted by molar-refractivity contribution is 6.48. The second-order valence-electron chi connectivity index (χ2n) is 5.23. The van der Waals surface area contributed by atoms with Gasteiger partial charge in [-0.3, -0.25) is 9.59 Å². The van der Waals surface area contributed by atoms with E-state index >= 15 is 0 Å². The summed E-state index contributed by atoms with van der Waals surface area (Å²) < 4.78 is 0. The van der Waals surface area contributed by atoms with Crippen LogP contribution in [-0.4, -0.2) is 17.6 Å². The van der Waals surface area contributed by atoms with Gasteiger partial charge in [0, 0.05) is 5.69 Å². The second kappa shape index (κ2) is 4.81. The van der Waals surface area contributed by atoms with Crippen LogP contribution in [0, 0.1) is 0 Å². The van der Waals surface area contributed by atoms with Crippen LogP contribution in [-0.2, 0) is 9.59 Å². The van der Waals surface area contributed by atoms with Gasteiger partial charge in [-0.1, -0.05) is 30.3 Å². The number of rotatable bonds is 2. The number of carbonyl (C=O) groups is 2. The van der Waals surface area contributed by atoms with Gasteiger partial charge < -0.3 is 11.1 Å². The van der Waals surface area contributed by atoms with Crippen molar-refractivity contribution in [3.63, 3.8) is 0 Å². The van der Waals surface area contributed by atoms with E-state index in [0.717, 1.165) is 0 Å². The van der Waals surface area contributed by atoms with Crippen molar-refractivity contribution in [2.24, 2.45) is 5.10 Å². The van der Waals surface area contributed by atoms with Gasteiger partial charge in [-0.25, -0.2) is 0 Å². The lowest BCUT2D eigenvalue weighted by Gasteiger charge is -2.12. The molecule has 2 aliphatic rings. The lowest BCUT2D eigenvalue weighted by atomic mass is 10.0. The number of hydrazone groups is 1. The minimum atomic E-state index is -0.329. The molecular weight excluding hydrogens is 292 g/mol. The first-order valence-corrected chi connectivity index (χ1v) is 7.05. The molecular formula is C17H12N4O2. The second-order valence-corrected chi connectivity index (χ2v) is 5.23. The van der Waals surface area contributed by atoms with Crippen LogP contribution in [0.4, 0.5) is 11.4 Å². The van der Waals surface area contributed by atoms with Gasteiger partial charge >= 0.3 is 0 Å². The summed E-state index contributed by atoms with van der Waals surface area (Å²) in [6, 6.07) is 15.9. The summed E-state index contributed by atoms with van der Waals surface area (Å²) in [5, 5.41) is 8.18. The van der Waals surface area contributed by atoms with Crippen LogP contribution in [0.2, 0.25) is 0 Å². The molecule has 2 aliphatic heterocycles. The number of anilines is 2. The number of carbonyl (C=O) groups excluding carboxylic acids is 2. The zero-order valence-corrected chi connectivity index (χ0v) is 12.0. The van der Waals surface area contributed by atoms with Crippen LogP contribution in [0.3, 0.4) is 0 Å². The van der Waals surface area contributed by atoms with Crippen LogP contribution in [0.15, 0.2) is 65.3 Å². The summed E-state index contributed by atoms with van der Waals surface area (Å²) in [5.41, 5.74) is 8.18. The number of fused-ring (bicyclic) bond motifs is 1. The van der Waals surface area contributed by atoms with Crippen molar-refractivity contribution >= 4 is 34.6 Å². The summed E-state index contributed by atoms with van der Waals surface area (Å²) in [7, 11) is 0. The molecule has 0 unspecified atom stereocenters. The number of nitrogens with one attached hydrogen (secondary N) is 1. The first-order chi connectivity index (χ1) is 11.1. The van der Waals surface area contributed by atoms with E-state index in [4.69, 9.17) is 5.73 Å². The summed E-state index contributed by atoms with van der Waals surface area (Å²) in [6.45, 7) is 0. The van der Waals surface area contributed by atoms with Crippen LogP contribution in [0.25, 0.3) is 5.57 Å². The SMILES string of the molecule is Nc1ccc(C2=C3C(=O)N(c4ccccc4)N=C3NC2=O)cc1. The summed E-state index contributed by atoms with van der Waals surface area (Å²) in [4.78, 5) is 24.9. The Bertz CT molecular complexity index is 883. The van der Waals surface area contributed by atoms with E-state index in [2.05, 4.69) is 10.4 Å². The fraction of sp³-hybridized carbons (Fsp3) is 0. The predicted molar refractivity (Wildman–Crippen MR) is 87.3 cm³/mol. The van der Waals surface area contributed by atoms with Gasteiger partial charge in [-0.2, -0.15) is 5.01 Å². The number of amidine groups is 1. The number of benzene rings is 2. The van der Waals surface area contributed by atoms with Crippen molar-refractivity contribution in [2.45, 2.75) is 0 Å². The highest BCUT2D eigenvalue weighted by Crippen LogP contribution is 2.32. The number of amides is 2. The topological polar surface area (TPSA) is 87.8 Å². The minimum absolute atomic E-state index is 0.288. The van der Waals surface area contributed by atoms with Crippen molar-refractivity contribution in [3.8, 4) is 0 Å². The molecule has 0 fully saturated rings. The Morgan fingerprint density at radius 1 is 0.913 bits per heavy atom. The maximum atomic E-state index is 12.7. The molecule has 2 aromatic carbocycles. The van der Waals surface area contributed by atoms with Gasteiger partial charge in [0.25, 0.3) is 11.8 Å². The van der Waals surface area contributed by atoms with Crippen LogP contribution in [0.5, 0.6) is 0 Å². The maximum absolute atomic E-state index is 12.7. The van der Waals surface area contributed by atoms with Gasteiger partial charge in [0.15, 0.2) is 5.84 Å². The number of para-hydroxylation sites is 1. The fourth-order valence-electron chi connectivity index (χ4n) is 2.67. The number of nitrogen functional groups attached to an aromatic ring is 1. The molecule has 6 heteroatoms. The largest absolute Gasteiger partial charge is 0.399 e. The molecule has 0 atom stereocenters. The molecule has 0 spiro atoms. The summed E-state index contributed by atoms with van der Waals surface area (Å²) in [5.74, 6) is -0.364. The van der Waals surface area contributed by atoms with E-state index in [9.17, 15) is 9.59 Å². The van der Waals surface area contributed by atoms with Gasteiger partial charge in [0.1, 0.15) is 0 Å². The number of nitrogens with zero attached hydrogens (tertiary/aromatic N) is 2. The van der Waals surface area contributed by atoms with Crippen molar-refractivity contribution in [1.82, 2.24) is 5.32 Å². The Hall–Kier alpha value is -3.41. The normalized spacial score (nSPS) is 16.5. The first kappa shape index (κ1) is 13.3. The molecule has 2 amide bonds. The third-order valence-corrected chi connectivity index (χ3v) is 3.75. The van der Waals surface area contributed by atoms with Crippen LogP contribution in [0.1, 0.15) is 5.56 Å². The molecule has 0 bridgehead atoms. The average molecular weight is 304 g/mol. The van der Waals surface area contributed by atoms with Gasteiger partial charge in [0.2, 0.25) is 0 Å². The lowest BCUT2D eigenvalue weighted by Crippen LogP contribution is -2.23. The Morgan fingerprint density at radius 3 is 2.30 bits per heavy atom. The number of hydrogen-bond acceptors (Lipinski definition) is 4. The molecule has 2 aromatic rings.